The van der Waals surface area contributed by atoms with E-state index in [0.717, 1.165) is 12.8 Å². The SMILES string of the molecule is CC[C@H](O)[C@@H]1N(C(=O)OC)C2CCC1(O)CC2.[HH]. The minimum atomic E-state index is -0.946. The van der Waals surface area contributed by atoms with Gasteiger partial charge < -0.3 is 14.9 Å². The molecule has 0 aromatic carbocycles. The van der Waals surface area contributed by atoms with Crippen molar-refractivity contribution < 1.29 is 21.2 Å². The lowest BCUT2D eigenvalue weighted by atomic mass is 9.69. The average molecular weight is 245 g/mol. The fraction of sp³-hybridized carbons (Fsp3) is 0.917. The Hall–Kier alpha value is -0.810. The molecule has 1 amide bonds. The lowest BCUT2D eigenvalue weighted by Gasteiger charge is -2.56. The number of carbonyl (C=O) groups is 1. The first kappa shape index (κ1) is 12.6. The van der Waals surface area contributed by atoms with Gasteiger partial charge in [-0.1, -0.05) is 6.92 Å². The van der Waals surface area contributed by atoms with E-state index in [0.29, 0.717) is 19.3 Å². The van der Waals surface area contributed by atoms with E-state index in [9.17, 15) is 15.0 Å². The molecule has 0 spiro atoms. The summed E-state index contributed by atoms with van der Waals surface area (Å²) in [5.41, 5.74) is -0.946. The Balaban J connectivity index is 0.00000162. The van der Waals surface area contributed by atoms with E-state index in [1.807, 2.05) is 6.92 Å². The molecule has 1 aliphatic carbocycles. The molecule has 5 heteroatoms. The molecule has 0 aromatic heterocycles. The first-order chi connectivity index (χ1) is 8.03. The van der Waals surface area contributed by atoms with Crippen LogP contribution >= 0.6 is 0 Å². The third-order valence-electron chi connectivity index (χ3n) is 4.23. The van der Waals surface area contributed by atoms with Gasteiger partial charge in [-0.25, -0.2) is 4.79 Å². The van der Waals surface area contributed by atoms with Crippen LogP contribution in [0.2, 0.25) is 0 Å². The Labute approximate surface area is 103 Å². The van der Waals surface area contributed by atoms with Crippen LogP contribution in [-0.2, 0) is 4.74 Å². The molecular formula is C12H23NO4. The van der Waals surface area contributed by atoms with Gasteiger partial charge in [0, 0.05) is 7.47 Å². The van der Waals surface area contributed by atoms with Crippen molar-refractivity contribution in [2.45, 2.75) is 62.8 Å². The predicted molar refractivity (Wildman–Crippen MR) is 63.6 cm³/mol. The van der Waals surface area contributed by atoms with Gasteiger partial charge >= 0.3 is 6.09 Å². The Bertz CT molecular complexity index is 304. The molecule has 5 nitrogen and oxygen atoms in total. The summed E-state index contributed by atoms with van der Waals surface area (Å²) in [6.07, 6.45) is 2.29. The van der Waals surface area contributed by atoms with Gasteiger partial charge in [0.2, 0.25) is 0 Å². The maximum absolute atomic E-state index is 11.8. The van der Waals surface area contributed by atoms with Crippen molar-refractivity contribution in [2.75, 3.05) is 7.11 Å². The number of amides is 1. The van der Waals surface area contributed by atoms with Crippen LogP contribution in [0.25, 0.3) is 0 Å². The van der Waals surface area contributed by atoms with Gasteiger partial charge in [0.05, 0.1) is 24.9 Å². The van der Waals surface area contributed by atoms with E-state index in [1.54, 1.807) is 4.90 Å². The van der Waals surface area contributed by atoms with Gasteiger partial charge in [-0.2, -0.15) is 0 Å². The third kappa shape index (κ3) is 1.91. The zero-order chi connectivity index (χ0) is 12.6. The number of hydrogen-bond donors (Lipinski definition) is 2. The molecular weight excluding hydrogens is 222 g/mol. The minimum Gasteiger partial charge on any atom is -0.453 e. The van der Waals surface area contributed by atoms with Gasteiger partial charge in [0.15, 0.2) is 0 Å². The molecule has 17 heavy (non-hydrogen) atoms. The fourth-order valence-corrected chi connectivity index (χ4v) is 3.30. The first-order valence-corrected chi connectivity index (χ1v) is 6.30. The lowest BCUT2D eigenvalue weighted by molar-refractivity contribution is -0.164. The monoisotopic (exact) mass is 245 g/mol. The molecule has 2 aliphatic heterocycles. The second kappa shape index (κ2) is 4.46. The summed E-state index contributed by atoms with van der Waals surface area (Å²) in [4.78, 5) is 13.4. The maximum atomic E-state index is 11.8. The fourth-order valence-electron chi connectivity index (χ4n) is 3.30. The zero-order valence-corrected chi connectivity index (χ0v) is 10.4. The number of piperidine rings is 2. The van der Waals surface area contributed by atoms with Crippen molar-refractivity contribution in [1.29, 1.82) is 0 Å². The molecule has 1 saturated carbocycles. The summed E-state index contributed by atoms with van der Waals surface area (Å²) in [5, 5.41) is 20.7. The summed E-state index contributed by atoms with van der Waals surface area (Å²) in [6, 6.07) is -0.421. The Morgan fingerprint density at radius 1 is 1.59 bits per heavy atom. The number of rotatable bonds is 2. The molecule has 0 aromatic rings. The number of aliphatic hydroxyl groups is 2. The maximum Gasteiger partial charge on any atom is 0.410 e. The number of ether oxygens (including phenoxy) is 1. The van der Waals surface area contributed by atoms with Crippen molar-refractivity contribution >= 4 is 6.09 Å². The van der Waals surface area contributed by atoms with Crippen LogP contribution < -0.4 is 0 Å². The quantitative estimate of drug-likeness (QED) is 0.765. The summed E-state index contributed by atoms with van der Waals surface area (Å²) in [6.45, 7) is 1.85. The second-order valence-corrected chi connectivity index (χ2v) is 5.13. The lowest BCUT2D eigenvalue weighted by Crippen LogP contribution is -2.69. The van der Waals surface area contributed by atoms with Crippen molar-refractivity contribution in [3.05, 3.63) is 0 Å². The number of hydrogen-bond acceptors (Lipinski definition) is 4. The van der Waals surface area contributed by atoms with Crippen molar-refractivity contribution in [3.8, 4) is 0 Å². The van der Waals surface area contributed by atoms with Crippen LogP contribution in [-0.4, -0.2) is 52.1 Å². The number of methoxy groups -OCH3 is 1. The topological polar surface area (TPSA) is 70.0 Å². The van der Waals surface area contributed by atoms with E-state index in [1.165, 1.54) is 7.11 Å². The van der Waals surface area contributed by atoms with Crippen LogP contribution in [0.15, 0.2) is 0 Å². The molecule has 2 heterocycles. The number of aliphatic hydroxyl groups excluding tert-OH is 1. The van der Waals surface area contributed by atoms with Gasteiger partial charge in [-0.3, -0.25) is 4.90 Å². The molecule has 2 N–H and O–H groups in total. The molecule has 3 fully saturated rings. The van der Waals surface area contributed by atoms with E-state index < -0.39 is 23.8 Å². The Morgan fingerprint density at radius 3 is 2.65 bits per heavy atom. The Morgan fingerprint density at radius 2 is 2.18 bits per heavy atom. The highest BCUT2D eigenvalue weighted by molar-refractivity contribution is 5.69. The summed E-state index contributed by atoms with van der Waals surface area (Å²) < 4.78 is 4.78. The van der Waals surface area contributed by atoms with Gasteiger partial charge in [-0.15, -0.1) is 0 Å². The van der Waals surface area contributed by atoms with Crippen LogP contribution in [0.5, 0.6) is 0 Å². The molecule has 0 unspecified atom stereocenters. The Kier molecular flexibility index (Phi) is 3.32. The second-order valence-electron chi connectivity index (χ2n) is 5.13. The standard InChI is InChI=1S/C12H21NO4.H2/c1-3-9(14)10-12(16)6-4-8(5-7-12)13(10)11(15)17-2;/h8-10,14,16H,3-7H2,1-2H3;1H/t8?,9-,10-,12?;/m0./s1. The van der Waals surface area contributed by atoms with E-state index in [4.69, 9.17) is 4.74 Å². The van der Waals surface area contributed by atoms with Crippen LogP contribution in [0.1, 0.15) is 40.5 Å². The molecule has 3 rings (SSSR count). The summed E-state index contributed by atoms with van der Waals surface area (Å²) in [5.74, 6) is 0. The number of nitrogens with zero attached hydrogens (tertiary/aromatic N) is 1. The highest BCUT2D eigenvalue weighted by Gasteiger charge is 2.55. The average Bonchev–Trinajstić information content (AvgIpc) is 2.36. The van der Waals surface area contributed by atoms with Gasteiger partial charge in [0.25, 0.3) is 0 Å². The van der Waals surface area contributed by atoms with Crippen LogP contribution in [0, 0.1) is 0 Å². The predicted octanol–water partition coefficient (Wildman–Crippen LogP) is 1.13. The molecule has 0 radical (unpaired) electrons. The zero-order valence-electron chi connectivity index (χ0n) is 10.4. The van der Waals surface area contributed by atoms with E-state index >= 15 is 0 Å². The molecule has 3 aliphatic rings. The highest BCUT2D eigenvalue weighted by atomic mass is 16.5. The highest BCUT2D eigenvalue weighted by Crippen LogP contribution is 2.44. The van der Waals surface area contributed by atoms with E-state index in [-0.39, 0.29) is 7.47 Å². The van der Waals surface area contributed by atoms with Crippen molar-refractivity contribution in [2.24, 2.45) is 0 Å². The molecule has 100 valence electrons. The van der Waals surface area contributed by atoms with Crippen molar-refractivity contribution in [3.63, 3.8) is 0 Å². The first-order valence-electron chi connectivity index (χ1n) is 6.30. The minimum absolute atomic E-state index is 0. The van der Waals surface area contributed by atoms with E-state index in [2.05, 4.69) is 0 Å². The van der Waals surface area contributed by atoms with Crippen LogP contribution in [0.4, 0.5) is 4.79 Å². The number of carbonyl (C=O) groups excluding carboxylic acids is 1. The van der Waals surface area contributed by atoms with Gasteiger partial charge in [-0.05, 0) is 32.1 Å². The molecule has 2 bridgehead atoms. The number of fused-ring (bicyclic) bond motifs is 3. The normalized spacial score (nSPS) is 38.0. The summed E-state index contributed by atoms with van der Waals surface area (Å²) >= 11 is 0. The van der Waals surface area contributed by atoms with Gasteiger partial charge in [0.1, 0.15) is 0 Å². The largest absolute Gasteiger partial charge is 0.453 e. The summed E-state index contributed by atoms with van der Waals surface area (Å²) in [7, 11) is 1.34. The molecule has 2 atom stereocenters. The smallest absolute Gasteiger partial charge is 0.410 e. The van der Waals surface area contributed by atoms with Crippen molar-refractivity contribution in [1.82, 2.24) is 4.90 Å². The third-order valence-corrected chi connectivity index (χ3v) is 4.23. The van der Waals surface area contributed by atoms with Crippen LogP contribution in [0.3, 0.4) is 0 Å². The molecule has 2 saturated heterocycles.